The summed E-state index contributed by atoms with van der Waals surface area (Å²) < 4.78 is 0. The summed E-state index contributed by atoms with van der Waals surface area (Å²) in [7, 11) is 0. The number of aromatic hydroxyl groups is 2. The molecule has 0 aliphatic rings. The number of anilines is 1. The number of carbonyl (C=O) groups is 1. The van der Waals surface area contributed by atoms with Crippen LogP contribution in [0.2, 0.25) is 0 Å². The van der Waals surface area contributed by atoms with Crippen molar-refractivity contribution < 1.29 is 15.0 Å². The van der Waals surface area contributed by atoms with E-state index in [2.05, 4.69) is 21.2 Å². The smallest absolute Gasteiger partial charge is 0.259 e. The molecule has 0 heterocycles. The van der Waals surface area contributed by atoms with Crippen molar-refractivity contribution in [1.82, 2.24) is 0 Å². The molecule has 0 fully saturated rings. The number of phenols is 2. The molecule has 0 spiro atoms. The van der Waals surface area contributed by atoms with Crippen LogP contribution in [-0.4, -0.2) is 21.5 Å². The molecule has 0 aliphatic heterocycles. The number of nitrogens with one attached hydrogen (secondary N) is 1. The molecule has 5 heteroatoms. The van der Waals surface area contributed by atoms with Crippen molar-refractivity contribution in [3.8, 4) is 11.5 Å². The summed E-state index contributed by atoms with van der Waals surface area (Å²) in [5.41, 5.74) is 1.94. The van der Waals surface area contributed by atoms with Gasteiger partial charge in [0.1, 0.15) is 11.5 Å². The van der Waals surface area contributed by atoms with Crippen molar-refractivity contribution in [2.45, 2.75) is 12.8 Å². The lowest BCUT2D eigenvalue weighted by Crippen LogP contribution is -2.12. The zero-order valence-corrected chi connectivity index (χ0v) is 12.9. The van der Waals surface area contributed by atoms with Crippen LogP contribution in [0, 0.1) is 0 Å². The molecule has 0 aromatic heterocycles. The van der Waals surface area contributed by atoms with Crippen molar-refractivity contribution in [2.24, 2.45) is 0 Å². The maximum Gasteiger partial charge on any atom is 0.259 e. The van der Waals surface area contributed by atoms with Crippen molar-refractivity contribution in [3.05, 3.63) is 53.6 Å². The molecule has 0 unspecified atom stereocenters. The van der Waals surface area contributed by atoms with Gasteiger partial charge in [-0.05, 0) is 42.7 Å². The second-order valence-corrected chi connectivity index (χ2v) is 5.44. The standard InChI is InChI=1S/C16H16BrNO3/c17-8-2-4-11-3-1-5-12(9-11)18-16(21)14-7-6-13(19)10-15(14)20/h1,3,5-7,9-10,19-20H,2,4,8H2,(H,18,21). The van der Waals surface area contributed by atoms with E-state index in [0.717, 1.165) is 29.8 Å². The molecule has 2 aromatic carbocycles. The van der Waals surface area contributed by atoms with E-state index in [4.69, 9.17) is 0 Å². The van der Waals surface area contributed by atoms with E-state index in [0.29, 0.717) is 5.69 Å². The summed E-state index contributed by atoms with van der Waals surface area (Å²) in [6.07, 6.45) is 1.95. The van der Waals surface area contributed by atoms with Crippen LogP contribution in [0.4, 0.5) is 5.69 Å². The first-order valence-electron chi connectivity index (χ1n) is 6.58. The summed E-state index contributed by atoms with van der Waals surface area (Å²) in [4.78, 5) is 12.1. The minimum Gasteiger partial charge on any atom is -0.508 e. The molecule has 0 saturated carbocycles. The second kappa shape index (κ2) is 7.13. The molecule has 21 heavy (non-hydrogen) atoms. The number of phenolic OH excluding ortho intramolecular Hbond substituents is 2. The molecule has 2 aromatic rings. The maximum atomic E-state index is 12.1. The van der Waals surface area contributed by atoms with Crippen molar-refractivity contribution >= 4 is 27.5 Å². The van der Waals surface area contributed by atoms with Crippen LogP contribution in [-0.2, 0) is 6.42 Å². The van der Waals surface area contributed by atoms with E-state index >= 15 is 0 Å². The zero-order valence-electron chi connectivity index (χ0n) is 11.3. The molecular weight excluding hydrogens is 334 g/mol. The molecule has 0 saturated heterocycles. The predicted octanol–water partition coefficient (Wildman–Crippen LogP) is 3.68. The first-order chi connectivity index (χ1) is 10.1. The molecule has 2 rings (SSSR count). The SMILES string of the molecule is O=C(Nc1cccc(CCCBr)c1)c1ccc(O)cc1O. The summed E-state index contributed by atoms with van der Waals surface area (Å²) >= 11 is 3.39. The van der Waals surface area contributed by atoms with E-state index < -0.39 is 5.91 Å². The Balaban J connectivity index is 2.12. The van der Waals surface area contributed by atoms with Gasteiger partial charge in [0.15, 0.2) is 0 Å². The lowest BCUT2D eigenvalue weighted by atomic mass is 10.1. The summed E-state index contributed by atoms with van der Waals surface area (Å²) in [5, 5.41) is 22.6. The Morgan fingerprint density at radius 2 is 1.95 bits per heavy atom. The number of alkyl halides is 1. The monoisotopic (exact) mass is 349 g/mol. The van der Waals surface area contributed by atoms with Crippen LogP contribution in [0.1, 0.15) is 22.3 Å². The predicted molar refractivity (Wildman–Crippen MR) is 86.3 cm³/mol. The van der Waals surface area contributed by atoms with Crippen LogP contribution in [0.25, 0.3) is 0 Å². The number of hydrogen-bond acceptors (Lipinski definition) is 3. The van der Waals surface area contributed by atoms with Gasteiger partial charge in [0.05, 0.1) is 5.56 Å². The number of carbonyl (C=O) groups excluding carboxylic acids is 1. The summed E-state index contributed by atoms with van der Waals surface area (Å²) in [6.45, 7) is 0. The fourth-order valence-electron chi connectivity index (χ4n) is 1.99. The third kappa shape index (κ3) is 4.23. The van der Waals surface area contributed by atoms with E-state index in [1.807, 2.05) is 18.2 Å². The quantitative estimate of drug-likeness (QED) is 0.721. The molecule has 0 radical (unpaired) electrons. The fourth-order valence-corrected chi connectivity index (χ4v) is 2.27. The highest BCUT2D eigenvalue weighted by molar-refractivity contribution is 9.09. The van der Waals surface area contributed by atoms with Gasteiger partial charge in [-0.1, -0.05) is 28.1 Å². The number of benzene rings is 2. The van der Waals surface area contributed by atoms with Gasteiger partial charge in [-0.3, -0.25) is 4.79 Å². The normalized spacial score (nSPS) is 10.3. The van der Waals surface area contributed by atoms with Crippen LogP contribution in [0.5, 0.6) is 11.5 Å². The van der Waals surface area contributed by atoms with Gasteiger partial charge in [-0.25, -0.2) is 0 Å². The maximum absolute atomic E-state index is 12.1. The van der Waals surface area contributed by atoms with Crippen LogP contribution >= 0.6 is 15.9 Å². The Kier molecular flexibility index (Phi) is 5.22. The number of hydrogen-bond donors (Lipinski definition) is 3. The summed E-state index contributed by atoms with van der Waals surface area (Å²) in [6, 6.07) is 11.5. The summed E-state index contributed by atoms with van der Waals surface area (Å²) in [5.74, 6) is -0.742. The number of rotatable bonds is 5. The Labute approximate surface area is 131 Å². The molecular formula is C16H16BrNO3. The molecule has 0 bridgehead atoms. The fraction of sp³-hybridized carbons (Fsp3) is 0.188. The zero-order chi connectivity index (χ0) is 15.2. The number of amides is 1. The third-order valence-corrected chi connectivity index (χ3v) is 3.57. The molecule has 1 amide bonds. The van der Waals surface area contributed by atoms with Gasteiger partial charge in [-0.15, -0.1) is 0 Å². The van der Waals surface area contributed by atoms with E-state index in [1.54, 1.807) is 6.07 Å². The minimum atomic E-state index is -0.412. The average molecular weight is 350 g/mol. The minimum absolute atomic E-state index is 0.0826. The number of halogens is 1. The van der Waals surface area contributed by atoms with Crippen LogP contribution in [0.15, 0.2) is 42.5 Å². The Morgan fingerprint density at radius 1 is 1.14 bits per heavy atom. The largest absolute Gasteiger partial charge is 0.508 e. The molecule has 3 N–H and O–H groups in total. The van der Waals surface area contributed by atoms with Gasteiger partial charge < -0.3 is 15.5 Å². The van der Waals surface area contributed by atoms with Gasteiger partial charge in [0, 0.05) is 17.1 Å². The lowest BCUT2D eigenvalue weighted by Gasteiger charge is -2.08. The Morgan fingerprint density at radius 3 is 2.67 bits per heavy atom. The van der Waals surface area contributed by atoms with Crippen molar-refractivity contribution in [3.63, 3.8) is 0 Å². The highest BCUT2D eigenvalue weighted by Gasteiger charge is 2.12. The van der Waals surface area contributed by atoms with E-state index in [9.17, 15) is 15.0 Å². The molecule has 4 nitrogen and oxygen atoms in total. The van der Waals surface area contributed by atoms with E-state index in [-0.39, 0.29) is 17.1 Å². The second-order valence-electron chi connectivity index (χ2n) is 4.65. The van der Waals surface area contributed by atoms with Crippen molar-refractivity contribution in [1.29, 1.82) is 0 Å². The van der Waals surface area contributed by atoms with Gasteiger partial charge in [0.2, 0.25) is 0 Å². The van der Waals surface area contributed by atoms with Gasteiger partial charge >= 0.3 is 0 Å². The highest BCUT2D eigenvalue weighted by Crippen LogP contribution is 2.23. The molecule has 0 aliphatic carbocycles. The van der Waals surface area contributed by atoms with Gasteiger partial charge in [-0.2, -0.15) is 0 Å². The molecule has 110 valence electrons. The molecule has 0 atom stereocenters. The average Bonchev–Trinajstić information content (AvgIpc) is 2.45. The Hall–Kier alpha value is -2.01. The lowest BCUT2D eigenvalue weighted by molar-refractivity contribution is 0.102. The first-order valence-corrected chi connectivity index (χ1v) is 7.70. The van der Waals surface area contributed by atoms with Crippen molar-refractivity contribution in [2.75, 3.05) is 10.6 Å². The highest BCUT2D eigenvalue weighted by atomic mass is 79.9. The Bertz CT molecular complexity index is 643. The van der Waals surface area contributed by atoms with Crippen LogP contribution < -0.4 is 5.32 Å². The van der Waals surface area contributed by atoms with Crippen LogP contribution in [0.3, 0.4) is 0 Å². The first kappa shape index (κ1) is 15.4. The van der Waals surface area contributed by atoms with E-state index in [1.165, 1.54) is 12.1 Å². The number of aryl methyl sites for hydroxylation is 1. The van der Waals surface area contributed by atoms with Gasteiger partial charge in [0.25, 0.3) is 5.91 Å². The third-order valence-electron chi connectivity index (χ3n) is 3.01. The topological polar surface area (TPSA) is 69.6 Å².